The van der Waals surface area contributed by atoms with E-state index >= 15 is 0 Å². The van der Waals surface area contributed by atoms with Crippen LogP contribution in [0.3, 0.4) is 0 Å². The summed E-state index contributed by atoms with van der Waals surface area (Å²) in [4.78, 5) is 28.0. The SMILES string of the molecule is O=C(O)c1cc2c(s1)CCOC21CCN(C(=O)C2Cc3ccccc3C2)CC1. The molecule has 2 aliphatic heterocycles. The number of nitrogens with zero attached hydrogens (tertiary/aromatic N) is 1. The summed E-state index contributed by atoms with van der Waals surface area (Å²) in [6, 6.07) is 10.1. The van der Waals surface area contributed by atoms with Crippen molar-refractivity contribution in [2.24, 2.45) is 5.92 Å². The molecule has 0 atom stereocenters. The summed E-state index contributed by atoms with van der Waals surface area (Å²) in [7, 11) is 0. The monoisotopic (exact) mass is 397 g/mol. The Labute approximate surface area is 167 Å². The molecular formula is C22H23NO4S. The minimum Gasteiger partial charge on any atom is -0.477 e. The second-order valence-corrected chi connectivity index (χ2v) is 9.18. The highest BCUT2D eigenvalue weighted by atomic mass is 32.1. The number of carbonyl (C=O) groups excluding carboxylic acids is 1. The predicted octanol–water partition coefficient (Wildman–Crippen LogP) is 3.25. The van der Waals surface area contributed by atoms with Gasteiger partial charge in [0.2, 0.25) is 5.91 Å². The fourth-order valence-electron chi connectivity index (χ4n) is 5.02. The van der Waals surface area contributed by atoms with E-state index in [0.717, 1.165) is 42.5 Å². The number of carboxylic acid groups (broad SMARTS) is 1. The van der Waals surface area contributed by atoms with E-state index in [9.17, 15) is 14.7 Å². The van der Waals surface area contributed by atoms with E-state index in [1.807, 2.05) is 17.0 Å². The lowest BCUT2D eigenvalue weighted by Crippen LogP contribution is -2.49. The van der Waals surface area contributed by atoms with Crippen LogP contribution >= 0.6 is 11.3 Å². The topological polar surface area (TPSA) is 66.8 Å². The third-order valence-corrected chi connectivity index (χ3v) is 7.68. The number of carbonyl (C=O) groups is 2. The summed E-state index contributed by atoms with van der Waals surface area (Å²) in [6.07, 6.45) is 3.92. The second-order valence-electron chi connectivity index (χ2n) is 8.04. The highest BCUT2D eigenvalue weighted by Crippen LogP contribution is 2.45. The van der Waals surface area contributed by atoms with Crippen molar-refractivity contribution in [1.82, 2.24) is 4.90 Å². The Morgan fingerprint density at radius 3 is 2.46 bits per heavy atom. The van der Waals surface area contributed by atoms with Crippen molar-refractivity contribution < 1.29 is 19.4 Å². The van der Waals surface area contributed by atoms with E-state index in [-0.39, 0.29) is 11.8 Å². The zero-order valence-electron chi connectivity index (χ0n) is 15.6. The van der Waals surface area contributed by atoms with Crippen molar-refractivity contribution in [1.29, 1.82) is 0 Å². The summed E-state index contributed by atoms with van der Waals surface area (Å²) in [5, 5.41) is 9.35. The molecule has 1 spiro atoms. The molecule has 2 aromatic rings. The highest BCUT2D eigenvalue weighted by molar-refractivity contribution is 7.14. The normalized spacial score (nSPS) is 20.8. The average Bonchev–Trinajstić information content (AvgIpc) is 3.33. The number of ether oxygens (including phenoxy) is 1. The molecule has 1 saturated heterocycles. The highest BCUT2D eigenvalue weighted by Gasteiger charge is 2.44. The molecule has 1 aromatic carbocycles. The van der Waals surface area contributed by atoms with E-state index < -0.39 is 11.6 Å². The third-order valence-electron chi connectivity index (χ3n) is 6.50. The molecule has 3 heterocycles. The number of aromatic carboxylic acids is 1. The van der Waals surface area contributed by atoms with Crippen molar-refractivity contribution in [2.75, 3.05) is 19.7 Å². The van der Waals surface area contributed by atoms with Gasteiger partial charge in [-0.1, -0.05) is 24.3 Å². The van der Waals surface area contributed by atoms with E-state index in [2.05, 4.69) is 12.1 Å². The van der Waals surface area contributed by atoms with Crippen LogP contribution in [0.1, 0.15) is 44.1 Å². The summed E-state index contributed by atoms with van der Waals surface area (Å²) in [5.41, 5.74) is 3.22. The molecule has 6 heteroatoms. The fraction of sp³-hybridized carbons (Fsp3) is 0.455. The molecule has 1 aromatic heterocycles. The van der Waals surface area contributed by atoms with Crippen molar-refractivity contribution in [3.8, 4) is 0 Å². The number of rotatable bonds is 2. The van der Waals surface area contributed by atoms with Gasteiger partial charge in [0, 0.05) is 30.3 Å². The number of fused-ring (bicyclic) bond motifs is 3. The summed E-state index contributed by atoms with van der Waals surface area (Å²) in [6.45, 7) is 1.96. The molecule has 0 saturated carbocycles. The van der Waals surface area contributed by atoms with Gasteiger partial charge in [-0.25, -0.2) is 4.79 Å². The Hall–Kier alpha value is -2.18. The molecule has 1 fully saturated rings. The molecule has 3 aliphatic rings. The smallest absolute Gasteiger partial charge is 0.345 e. The lowest BCUT2D eigenvalue weighted by molar-refractivity contribution is -0.144. The average molecular weight is 397 g/mol. The van der Waals surface area contributed by atoms with Gasteiger partial charge in [0.1, 0.15) is 4.88 Å². The van der Waals surface area contributed by atoms with Gasteiger partial charge >= 0.3 is 5.97 Å². The number of thiophene rings is 1. The number of carboxylic acids is 1. The van der Waals surface area contributed by atoms with Crippen LogP contribution in [0.2, 0.25) is 0 Å². The fourth-order valence-corrected chi connectivity index (χ4v) is 6.09. The number of amides is 1. The number of benzene rings is 1. The van der Waals surface area contributed by atoms with Gasteiger partial charge in [-0.2, -0.15) is 0 Å². The largest absolute Gasteiger partial charge is 0.477 e. The van der Waals surface area contributed by atoms with E-state index in [1.165, 1.54) is 22.5 Å². The lowest BCUT2D eigenvalue weighted by atomic mass is 9.82. The van der Waals surface area contributed by atoms with Gasteiger partial charge in [-0.3, -0.25) is 4.79 Å². The minimum atomic E-state index is -0.872. The standard InChI is InChI=1S/C22H23NO4S/c24-20(16-11-14-3-1-2-4-15(14)12-16)23-8-6-22(7-9-23)17-13-19(21(25)26)28-18(17)5-10-27-22/h1-4,13,16H,5-12H2,(H,25,26). The molecule has 1 amide bonds. The Bertz CT molecular complexity index is 917. The molecule has 0 bridgehead atoms. The van der Waals surface area contributed by atoms with E-state index in [0.29, 0.717) is 24.6 Å². The van der Waals surface area contributed by atoms with Crippen molar-refractivity contribution >= 4 is 23.2 Å². The Morgan fingerprint density at radius 2 is 1.82 bits per heavy atom. The maximum Gasteiger partial charge on any atom is 0.345 e. The summed E-state index contributed by atoms with van der Waals surface area (Å²) >= 11 is 1.37. The molecule has 0 radical (unpaired) electrons. The molecule has 146 valence electrons. The van der Waals surface area contributed by atoms with Gasteiger partial charge in [0.05, 0.1) is 12.2 Å². The van der Waals surface area contributed by atoms with Crippen LogP contribution in [-0.4, -0.2) is 41.6 Å². The second kappa shape index (κ2) is 6.71. The number of piperidine rings is 1. The zero-order valence-corrected chi connectivity index (χ0v) is 16.5. The van der Waals surface area contributed by atoms with Crippen molar-refractivity contribution in [3.05, 3.63) is 56.8 Å². The van der Waals surface area contributed by atoms with Crippen molar-refractivity contribution in [2.45, 2.75) is 37.7 Å². The molecule has 5 rings (SSSR count). The Balaban J connectivity index is 1.30. The van der Waals surface area contributed by atoms with Crippen molar-refractivity contribution in [3.63, 3.8) is 0 Å². The van der Waals surface area contributed by atoms with Gasteiger partial charge in [-0.05, 0) is 48.4 Å². The van der Waals surface area contributed by atoms with Crippen LogP contribution < -0.4 is 0 Å². The van der Waals surface area contributed by atoms with Crippen LogP contribution in [0.25, 0.3) is 0 Å². The summed E-state index contributed by atoms with van der Waals surface area (Å²) in [5.74, 6) is -0.573. The summed E-state index contributed by atoms with van der Waals surface area (Å²) < 4.78 is 6.21. The maximum absolute atomic E-state index is 13.1. The number of hydrogen-bond donors (Lipinski definition) is 1. The molecular weight excluding hydrogens is 374 g/mol. The molecule has 5 nitrogen and oxygen atoms in total. The quantitative estimate of drug-likeness (QED) is 0.845. The molecule has 1 N–H and O–H groups in total. The predicted molar refractivity (Wildman–Crippen MR) is 106 cm³/mol. The zero-order chi connectivity index (χ0) is 19.3. The minimum absolute atomic E-state index is 0.0500. The van der Waals surface area contributed by atoms with Crippen LogP contribution in [0.5, 0.6) is 0 Å². The molecule has 28 heavy (non-hydrogen) atoms. The van der Waals surface area contributed by atoms with Gasteiger partial charge in [-0.15, -0.1) is 11.3 Å². The van der Waals surface area contributed by atoms with Gasteiger partial charge < -0.3 is 14.7 Å². The van der Waals surface area contributed by atoms with Crippen LogP contribution in [0.15, 0.2) is 30.3 Å². The van der Waals surface area contributed by atoms with Crippen LogP contribution in [-0.2, 0) is 34.4 Å². The Kier molecular flexibility index (Phi) is 4.29. The lowest BCUT2D eigenvalue weighted by Gasteiger charge is -2.44. The third kappa shape index (κ3) is 2.86. The molecule has 0 unspecified atom stereocenters. The van der Waals surface area contributed by atoms with Crippen LogP contribution in [0.4, 0.5) is 0 Å². The first kappa shape index (κ1) is 17.9. The number of hydrogen-bond acceptors (Lipinski definition) is 4. The first-order valence-electron chi connectivity index (χ1n) is 9.92. The van der Waals surface area contributed by atoms with E-state index in [4.69, 9.17) is 4.74 Å². The number of likely N-dealkylation sites (tertiary alicyclic amines) is 1. The first-order chi connectivity index (χ1) is 13.6. The Morgan fingerprint density at radius 1 is 1.14 bits per heavy atom. The van der Waals surface area contributed by atoms with Gasteiger partial charge in [0.25, 0.3) is 0 Å². The van der Waals surface area contributed by atoms with Gasteiger partial charge in [0.15, 0.2) is 0 Å². The van der Waals surface area contributed by atoms with E-state index in [1.54, 1.807) is 6.07 Å². The van der Waals surface area contributed by atoms with Crippen LogP contribution in [0, 0.1) is 5.92 Å². The maximum atomic E-state index is 13.1. The first-order valence-corrected chi connectivity index (χ1v) is 10.7. The molecule has 1 aliphatic carbocycles.